The Morgan fingerprint density at radius 1 is 1.45 bits per heavy atom. The number of hydrogen-bond acceptors (Lipinski definition) is 2. The van der Waals surface area contributed by atoms with Crippen LogP contribution in [0.25, 0.3) is 0 Å². The third-order valence-electron chi connectivity index (χ3n) is 2.64. The molecular formula is C15H14ClFN2O. The molecule has 0 amide bonds. The topological polar surface area (TPSA) is 27.1 Å². The summed E-state index contributed by atoms with van der Waals surface area (Å²) in [6.45, 7) is 3.05. The van der Waals surface area contributed by atoms with E-state index in [1.165, 1.54) is 6.07 Å². The summed E-state index contributed by atoms with van der Waals surface area (Å²) in [5.74, 6) is 5.55. The van der Waals surface area contributed by atoms with Crippen LogP contribution in [0.2, 0.25) is 0 Å². The molecule has 0 N–H and O–H groups in total. The van der Waals surface area contributed by atoms with Gasteiger partial charge >= 0.3 is 0 Å². The molecule has 20 heavy (non-hydrogen) atoms. The Kier molecular flexibility index (Phi) is 5.03. The van der Waals surface area contributed by atoms with E-state index in [1.54, 1.807) is 23.0 Å². The number of halogens is 2. The largest absolute Gasteiger partial charge is 0.486 e. The van der Waals surface area contributed by atoms with Gasteiger partial charge in [0.2, 0.25) is 0 Å². The van der Waals surface area contributed by atoms with E-state index in [9.17, 15) is 4.39 Å². The summed E-state index contributed by atoms with van der Waals surface area (Å²) in [5, 5.41) is 4.13. The Hall–Kier alpha value is -1.99. The van der Waals surface area contributed by atoms with Crippen molar-refractivity contribution in [3.8, 4) is 17.6 Å². The smallest absolute Gasteiger partial charge is 0.165 e. The van der Waals surface area contributed by atoms with Crippen LogP contribution >= 0.6 is 11.6 Å². The van der Waals surface area contributed by atoms with Crippen LogP contribution in [0.15, 0.2) is 30.6 Å². The molecule has 0 atom stereocenters. The van der Waals surface area contributed by atoms with Gasteiger partial charge in [-0.1, -0.05) is 11.8 Å². The van der Waals surface area contributed by atoms with E-state index in [4.69, 9.17) is 16.3 Å². The van der Waals surface area contributed by atoms with Crippen LogP contribution in [0, 0.1) is 17.7 Å². The molecular weight excluding hydrogens is 279 g/mol. The third-order valence-corrected chi connectivity index (χ3v) is 2.77. The van der Waals surface area contributed by atoms with Crippen molar-refractivity contribution in [2.75, 3.05) is 5.88 Å². The Bertz CT molecular complexity index is 643. The average molecular weight is 293 g/mol. The quantitative estimate of drug-likeness (QED) is 0.639. The lowest BCUT2D eigenvalue weighted by Gasteiger charge is -2.06. The molecule has 1 aromatic carbocycles. The third kappa shape index (κ3) is 3.75. The maximum Gasteiger partial charge on any atom is 0.165 e. The minimum Gasteiger partial charge on any atom is -0.486 e. The number of nitrogens with zero attached hydrogens (tertiary/aromatic N) is 2. The zero-order valence-electron chi connectivity index (χ0n) is 11.1. The van der Waals surface area contributed by atoms with Crippen LogP contribution in [0.1, 0.15) is 18.1 Å². The van der Waals surface area contributed by atoms with Gasteiger partial charge in [0.15, 0.2) is 11.6 Å². The average Bonchev–Trinajstić information content (AvgIpc) is 2.93. The van der Waals surface area contributed by atoms with Gasteiger partial charge in [-0.2, -0.15) is 5.10 Å². The van der Waals surface area contributed by atoms with Crippen molar-refractivity contribution in [3.05, 3.63) is 47.5 Å². The molecule has 5 heteroatoms. The minimum atomic E-state index is -0.413. The van der Waals surface area contributed by atoms with Crippen molar-refractivity contribution in [3.63, 3.8) is 0 Å². The summed E-state index contributed by atoms with van der Waals surface area (Å²) in [4.78, 5) is 0. The first-order valence-electron chi connectivity index (χ1n) is 6.21. The lowest BCUT2D eigenvalue weighted by Crippen LogP contribution is -1.97. The molecule has 3 nitrogen and oxygen atoms in total. The monoisotopic (exact) mass is 292 g/mol. The van der Waals surface area contributed by atoms with Gasteiger partial charge in [-0.15, -0.1) is 11.6 Å². The molecule has 0 radical (unpaired) electrons. The Labute approximate surface area is 122 Å². The van der Waals surface area contributed by atoms with Gasteiger partial charge in [-0.05, 0) is 25.1 Å². The van der Waals surface area contributed by atoms with E-state index in [2.05, 4.69) is 16.9 Å². The van der Waals surface area contributed by atoms with Crippen LogP contribution in [-0.4, -0.2) is 15.7 Å². The number of hydrogen-bond donors (Lipinski definition) is 0. The van der Waals surface area contributed by atoms with Crippen LogP contribution in [0.5, 0.6) is 5.75 Å². The van der Waals surface area contributed by atoms with Crippen molar-refractivity contribution in [1.29, 1.82) is 0 Å². The number of alkyl halides is 1. The molecule has 0 bridgehead atoms. The highest BCUT2D eigenvalue weighted by Gasteiger charge is 2.05. The van der Waals surface area contributed by atoms with Crippen LogP contribution in [0.3, 0.4) is 0 Å². The maximum atomic E-state index is 13.6. The van der Waals surface area contributed by atoms with Crippen molar-refractivity contribution < 1.29 is 9.13 Å². The van der Waals surface area contributed by atoms with Gasteiger partial charge in [0.25, 0.3) is 0 Å². The van der Waals surface area contributed by atoms with Gasteiger partial charge in [-0.25, -0.2) is 4.39 Å². The summed E-state index contributed by atoms with van der Waals surface area (Å²) in [6, 6.07) is 4.50. The lowest BCUT2D eigenvalue weighted by atomic mass is 10.2. The lowest BCUT2D eigenvalue weighted by molar-refractivity contribution is 0.290. The number of rotatable bonds is 4. The van der Waals surface area contributed by atoms with Gasteiger partial charge in [-0.3, -0.25) is 4.68 Å². The molecule has 2 rings (SSSR count). The van der Waals surface area contributed by atoms with Gasteiger partial charge in [0.05, 0.1) is 12.1 Å². The fourth-order valence-electron chi connectivity index (χ4n) is 1.64. The number of benzene rings is 1. The highest BCUT2D eigenvalue weighted by Crippen LogP contribution is 2.19. The Morgan fingerprint density at radius 3 is 3.00 bits per heavy atom. The predicted octanol–water partition coefficient (Wildman–Crippen LogP) is 3.21. The second kappa shape index (κ2) is 6.97. The molecule has 104 valence electrons. The van der Waals surface area contributed by atoms with Gasteiger partial charge in [0.1, 0.15) is 6.61 Å². The molecule has 0 aliphatic carbocycles. The summed E-state index contributed by atoms with van der Waals surface area (Å²) in [6.07, 6.45) is 3.58. The van der Waals surface area contributed by atoms with E-state index in [0.717, 1.165) is 12.1 Å². The number of aromatic nitrogens is 2. The van der Waals surface area contributed by atoms with E-state index in [0.29, 0.717) is 5.56 Å². The van der Waals surface area contributed by atoms with E-state index >= 15 is 0 Å². The molecule has 0 aliphatic rings. The van der Waals surface area contributed by atoms with Crippen molar-refractivity contribution >= 4 is 11.6 Å². The fourth-order valence-corrected chi connectivity index (χ4v) is 1.71. The first-order valence-corrected chi connectivity index (χ1v) is 6.75. The van der Waals surface area contributed by atoms with Gasteiger partial charge < -0.3 is 4.74 Å². The van der Waals surface area contributed by atoms with Gasteiger partial charge in [0, 0.05) is 23.9 Å². The zero-order valence-corrected chi connectivity index (χ0v) is 11.8. The normalized spacial score (nSPS) is 9.95. The molecule has 2 aromatic rings. The highest BCUT2D eigenvalue weighted by atomic mass is 35.5. The summed E-state index contributed by atoms with van der Waals surface area (Å²) in [7, 11) is 0. The van der Waals surface area contributed by atoms with Crippen molar-refractivity contribution in [2.45, 2.75) is 20.1 Å². The molecule has 0 saturated heterocycles. The van der Waals surface area contributed by atoms with Crippen LogP contribution in [-0.2, 0) is 13.2 Å². The summed E-state index contributed by atoms with van der Waals surface area (Å²) < 4.78 is 20.9. The SMILES string of the molecule is CCn1cc(COc2cc(C#CCCl)ccc2F)cn1. The van der Waals surface area contributed by atoms with Crippen LogP contribution in [0.4, 0.5) is 4.39 Å². The summed E-state index contributed by atoms with van der Waals surface area (Å²) >= 11 is 5.49. The first-order chi connectivity index (χ1) is 9.72. The molecule has 0 unspecified atom stereocenters. The Morgan fingerprint density at radius 2 is 2.30 bits per heavy atom. The maximum absolute atomic E-state index is 13.6. The standard InChI is InChI=1S/C15H14ClFN2O/c1-2-19-10-13(9-18-19)11-20-15-8-12(4-3-7-16)5-6-14(15)17/h5-6,8-10H,2,7,11H2,1H3. The van der Waals surface area contributed by atoms with Crippen molar-refractivity contribution in [1.82, 2.24) is 9.78 Å². The molecule has 0 spiro atoms. The highest BCUT2D eigenvalue weighted by molar-refractivity contribution is 6.19. The van der Waals surface area contributed by atoms with Crippen molar-refractivity contribution in [2.24, 2.45) is 0 Å². The number of ether oxygens (including phenoxy) is 1. The summed E-state index contributed by atoms with van der Waals surface area (Å²) in [5.41, 5.74) is 1.56. The van der Waals surface area contributed by atoms with E-state index in [1.807, 2.05) is 13.1 Å². The van der Waals surface area contributed by atoms with E-state index < -0.39 is 5.82 Å². The number of aryl methyl sites for hydroxylation is 1. The molecule has 0 saturated carbocycles. The minimum absolute atomic E-state index is 0.177. The second-order valence-corrected chi connectivity index (χ2v) is 4.34. The Balaban J connectivity index is 2.08. The fraction of sp³-hybridized carbons (Fsp3) is 0.267. The zero-order chi connectivity index (χ0) is 14.4. The molecule has 1 heterocycles. The molecule has 0 aliphatic heterocycles. The van der Waals surface area contributed by atoms with Crippen LogP contribution < -0.4 is 4.74 Å². The molecule has 1 aromatic heterocycles. The first kappa shape index (κ1) is 14.4. The molecule has 0 fully saturated rings. The predicted molar refractivity (Wildman–Crippen MR) is 76.2 cm³/mol. The van der Waals surface area contributed by atoms with E-state index in [-0.39, 0.29) is 18.2 Å². The second-order valence-electron chi connectivity index (χ2n) is 4.07.